The molecule has 0 saturated carbocycles. The van der Waals surface area contributed by atoms with Gasteiger partial charge in [-0.2, -0.15) is 0 Å². The summed E-state index contributed by atoms with van der Waals surface area (Å²) in [6.07, 6.45) is 0. The third-order valence-corrected chi connectivity index (χ3v) is 4.52. The van der Waals surface area contributed by atoms with Crippen LogP contribution in [0.15, 0.2) is 60.7 Å². The average molecular weight is 328 g/mol. The zero-order valence-electron chi connectivity index (χ0n) is 14.6. The lowest BCUT2D eigenvalue weighted by molar-refractivity contribution is 0.995. The summed E-state index contributed by atoms with van der Waals surface area (Å²) in [5, 5.41) is 4.52. The first kappa shape index (κ1) is 15.4. The fourth-order valence-corrected chi connectivity index (χ4v) is 3.21. The molecule has 0 unspecified atom stereocenters. The van der Waals surface area contributed by atoms with E-state index in [2.05, 4.69) is 40.8 Å². The van der Waals surface area contributed by atoms with E-state index in [0.717, 1.165) is 34.1 Å². The average Bonchev–Trinajstić information content (AvgIpc) is 2.87. The first-order chi connectivity index (χ1) is 12.1. The van der Waals surface area contributed by atoms with E-state index in [-0.39, 0.29) is 0 Å². The maximum Gasteiger partial charge on any atom is 0.150 e. The highest BCUT2D eigenvalue weighted by Crippen LogP contribution is 2.33. The number of nitrogens with zero attached hydrogens (tertiary/aromatic N) is 3. The summed E-state index contributed by atoms with van der Waals surface area (Å²) in [5.74, 6) is 1.60. The zero-order valence-corrected chi connectivity index (χ0v) is 14.6. The highest BCUT2D eigenvalue weighted by molar-refractivity contribution is 5.94. The van der Waals surface area contributed by atoms with E-state index in [9.17, 15) is 0 Å². The number of hydrogen-bond acceptors (Lipinski definition) is 3. The van der Waals surface area contributed by atoms with Crippen molar-refractivity contribution in [3.8, 4) is 5.69 Å². The van der Waals surface area contributed by atoms with E-state index < -0.39 is 0 Å². The molecule has 4 rings (SSSR count). The fourth-order valence-electron chi connectivity index (χ4n) is 3.21. The lowest BCUT2D eigenvalue weighted by atomic mass is 10.2. The Hall–Kier alpha value is -3.14. The second-order valence-corrected chi connectivity index (χ2v) is 6.19. The number of aromatic nitrogens is 3. The van der Waals surface area contributed by atoms with Crippen molar-refractivity contribution in [1.29, 1.82) is 0 Å². The molecule has 0 aliphatic heterocycles. The molecule has 0 spiro atoms. The van der Waals surface area contributed by atoms with Crippen LogP contribution in [-0.4, -0.2) is 14.5 Å². The van der Waals surface area contributed by atoms with Gasteiger partial charge in [0.05, 0.1) is 5.39 Å². The van der Waals surface area contributed by atoms with Crippen molar-refractivity contribution in [3.63, 3.8) is 0 Å². The van der Waals surface area contributed by atoms with Crippen molar-refractivity contribution >= 4 is 22.5 Å². The van der Waals surface area contributed by atoms with Crippen molar-refractivity contribution in [1.82, 2.24) is 14.5 Å². The summed E-state index contributed by atoms with van der Waals surface area (Å²) in [7, 11) is 0. The first-order valence-electron chi connectivity index (χ1n) is 8.39. The predicted octanol–water partition coefficient (Wildman–Crippen LogP) is 5.09. The summed E-state index contributed by atoms with van der Waals surface area (Å²) >= 11 is 0. The molecule has 25 heavy (non-hydrogen) atoms. The van der Waals surface area contributed by atoms with Crippen LogP contribution in [0.3, 0.4) is 0 Å². The van der Waals surface area contributed by atoms with Gasteiger partial charge in [-0.1, -0.05) is 36.4 Å². The van der Waals surface area contributed by atoms with Gasteiger partial charge in [0.1, 0.15) is 11.6 Å². The largest absolute Gasteiger partial charge is 0.340 e. The van der Waals surface area contributed by atoms with Gasteiger partial charge in [0, 0.05) is 17.1 Å². The third-order valence-electron chi connectivity index (χ3n) is 4.52. The molecule has 2 aromatic carbocycles. The molecule has 0 atom stereocenters. The number of fused-ring (bicyclic) bond motifs is 1. The first-order valence-corrected chi connectivity index (χ1v) is 8.39. The second kappa shape index (κ2) is 6.06. The number of anilines is 2. The van der Waals surface area contributed by atoms with Crippen LogP contribution in [0.1, 0.15) is 17.1 Å². The normalized spacial score (nSPS) is 11.0. The van der Waals surface area contributed by atoms with Crippen LogP contribution in [0, 0.1) is 20.8 Å². The van der Waals surface area contributed by atoms with Crippen LogP contribution >= 0.6 is 0 Å². The molecular weight excluding hydrogens is 308 g/mol. The minimum atomic E-state index is 0.751. The van der Waals surface area contributed by atoms with Gasteiger partial charge in [-0.05, 0) is 50.6 Å². The number of benzene rings is 2. The van der Waals surface area contributed by atoms with Crippen molar-refractivity contribution < 1.29 is 0 Å². The van der Waals surface area contributed by atoms with Gasteiger partial charge in [-0.3, -0.25) is 4.57 Å². The summed E-state index contributed by atoms with van der Waals surface area (Å²) in [6.45, 7) is 6.19. The molecule has 1 N–H and O–H groups in total. The maximum atomic E-state index is 4.75. The zero-order chi connectivity index (χ0) is 17.4. The number of nitrogens with one attached hydrogen (secondary N) is 1. The van der Waals surface area contributed by atoms with Crippen LogP contribution in [0.5, 0.6) is 0 Å². The topological polar surface area (TPSA) is 42.7 Å². The van der Waals surface area contributed by atoms with Crippen molar-refractivity contribution in [2.45, 2.75) is 20.8 Å². The molecule has 0 aliphatic rings. The summed E-state index contributed by atoms with van der Waals surface area (Å²) in [4.78, 5) is 9.42. The molecular formula is C21H20N4. The van der Waals surface area contributed by atoms with Gasteiger partial charge in [0.25, 0.3) is 0 Å². The highest BCUT2D eigenvalue weighted by Gasteiger charge is 2.18. The van der Waals surface area contributed by atoms with E-state index in [1.165, 1.54) is 11.3 Å². The minimum absolute atomic E-state index is 0.751. The quantitative estimate of drug-likeness (QED) is 0.569. The summed E-state index contributed by atoms with van der Waals surface area (Å²) < 4.78 is 2.20. The van der Waals surface area contributed by atoms with Crippen molar-refractivity contribution in [2.75, 3.05) is 5.32 Å². The van der Waals surface area contributed by atoms with Gasteiger partial charge < -0.3 is 5.32 Å². The Kier molecular flexibility index (Phi) is 3.73. The smallest absolute Gasteiger partial charge is 0.150 e. The van der Waals surface area contributed by atoms with Gasteiger partial charge in [0.2, 0.25) is 0 Å². The van der Waals surface area contributed by atoms with E-state index >= 15 is 0 Å². The second-order valence-electron chi connectivity index (χ2n) is 6.19. The Bertz CT molecular complexity index is 1030. The Balaban J connectivity index is 1.97. The van der Waals surface area contributed by atoms with Crippen LogP contribution in [0.2, 0.25) is 0 Å². The standard InChI is InChI=1S/C21H20N4/c1-14-15(2)25(18-12-8-5-9-13-18)21-19(14)20(22-16(3)23-21)24-17-10-6-4-7-11-17/h4-13H,1-3H3,(H,22,23,24). The van der Waals surface area contributed by atoms with Crippen LogP contribution in [-0.2, 0) is 0 Å². The number of rotatable bonds is 3. The molecule has 4 nitrogen and oxygen atoms in total. The Labute approximate surface area is 147 Å². The lowest BCUT2D eigenvalue weighted by Gasteiger charge is -2.10. The molecule has 4 heteroatoms. The van der Waals surface area contributed by atoms with Crippen molar-refractivity contribution in [3.05, 3.63) is 77.7 Å². The molecule has 2 heterocycles. The SMILES string of the molecule is Cc1nc(Nc2ccccc2)c2c(C)c(C)n(-c3ccccc3)c2n1. The van der Waals surface area contributed by atoms with Crippen molar-refractivity contribution in [2.24, 2.45) is 0 Å². The fraction of sp³-hybridized carbons (Fsp3) is 0.143. The van der Waals surface area contributed by atoms with Crippen LogP contribution in [0.25, 0.3) is 16.7 Å². The molecule has 0 radical (unpaired) electrons. The van der Waals surface area contributed by atoms with E-state index in [0.29, 0.717) is 0 Å². The monoisotopic (exact) mass is 328 g/mol. The van der Waals surface area contributed by atoms with Gasteiger partial charge in [-0.15, -0.1) is 0 Å². The number of para-hydroxylation sites is 2. The molecule has 2 aromatic heterocycles. The predicted molar refractivity (Wildman–Crippen MR) is 103 cm³/mol. The number of hydrogen-bond donors (Lipinski definition) is 1. The van der Waals surface area contributed by atoms with Gasteiger partial charge in [0.15, 0.2) is 5.65 Å². The van der Waals surface area contributed by atoms with Crippen LogP contribution in [0.4, 0.5) is 11.5 Å². The van der Waals surface area contributed by atoms with Gasteiger partial charge in [-0.25, -0.2) is 9.97 Å². The third kappa shape index (κ3) is 2.66. The summed E-state index contributed by atoms with van der Waals surface area (Å²) in [6, 6.07) is 20.5. The van der Waals surface area contributed by atoms with E-state index in [1.807, 2.05) is 55.5 Å². The summed E-state index contributed by atoms with van der Waals surface area (Å²) in [5.41, 5.74) is 5.44. The molecule has 0 bridgehead atoms. The number of aryl methyl sites for hydroxylation is 2. The van der Waals surface area contributed by atoms with Crippen LogP contribution < -0.4 is 5.32 Å². The molecule has 0 fully saturated rings. The Morgan fingerprint density at radius 3 is 2.12 bits per heavy atom. The minimum Gasteiger partial charge on any atom is -0.340 e. The molecule has 0 amide bonds. The van der Waals surface area contributed by atoms with E-state index in [1.54, 1.807) is 0 Å². The Morgan fingerprint density at radius 2 is 1.44 bits per heavy atom. The maximum absolute atomic E-state index is 4.75. The highest BCUT2D eigenvalue weighted by atomic mass is 15.1. The molecule has 124 valence electrons. The lowest BCUT2D eigenvalue weighted by Crippen LogP contribution is -2.01. The molecule has 4 aromatic rings. The molecule has 0 saturated heterocycles. The Morgan fingerprint density at radius 1 is 0.800 bits per heavy atom. The van der Waals surface area contributed by atoms with E-state index in [4.69, 9.17) is 4.98 Å². The van der Waals surface area contributed by atoms with Gasteiger partial charge >= 0.3 is 0 Å². The molecule has 0 aliphatic carbocycles.